The number of amides is 1. The molecule has 1 amide bonds. The van der Waals surface area contributed by atoms with Crippen LogP contribution in [0.2, 0.25) is 0 Å². The summed E-state index contributed by atoms with van der Waals surface area (Å²) in [5.74, 6) is -1.11. The number of halogens is 4. The van der Waals surface area contributed by atoms with Crippen LogP contribution in [0.25, 0.3) is 0 Å². The number of nitro groups is 1. The first kappa shape index (κ1) is 20.2. The van der Waals surface area contributed by atoms with Crippen LogP contribution >= 0.6 is 0 Å². The predicted octanol–water partition coefficient (Wildman–Crippen LogP) is 3.85. The molecule has 0 radical (unpaired) electrons. The third kappa shape index (κ3) is 4.18. The van der Waals surface area contributed by atoms with Crippen LogP contribution in [0, 0.1) is 15.9 Å². The summed E-state index contributed by atoms with van der Waals surface area (Å²) in [6.07, 6.45) is -4.86. The molecule has 2 N–H and O–H groups in total. The van der Waals surface area contributed by atoms with Gasteiger partial charge >= 0.3 is 6.18 Å². The molecule has 0 bridgehead atoms. The standard InChI is InChI=1S/C18H14F4N4O3/c1-17(9-14(24-25-17)10-2-4-11(19)5-3-10)16(27)23-12-6-7-15(26(28)29)13(8-12)18(20,21)22/h2-8,25H,9H2,1H3,(H,23,27). The molecule has 1 aliphatic heterocycles. The second-order valence-electron chi connectivity index (χ2n) is 6.63. The first-order chi connectivity index (χ1) is 13.5. The first-order valence-corrected chi connectivity index (χ1v) is 8.26. The van der Waals surface area contributed by atoms with Gasteiger partial charge in [0, 0.05) is 18.2 Å². The van der Waals surface area contributed by atoms with E-state index in [1.54, 1.807) is 0 Å². The van der Waals surface area contributed by atoms with Crippen LogP contribution in [-0.2, 0) is 11.0 Å². The highest BCUT2D eigenvalue weighted by Crippen LogP contribution is 2.37. The molecule has 7 nitrogen and oxygen atoms in total. The molecule has 0 aliphatic carbocycles. The minimum absolute atomic E-state index is 0.101. The van der Waals surface area contributed by atoms with Crippen molar-refractivity contribution >= 4 is 23.0 Å². The number of nitro benzene ring substituents is 1. The van der Waals surface area contributed by atoms with E-state index in [-0.39, 0.29) is 12.1 Å². The van der Waals surface area contributed by atoms with Gasteiger partial charge in [-0.2, -0.15) is 18.3 Å². The van der Waals surface area contributed by atoms with Gasteiger partial charge in [0.15, 0.2) is 0 Å². The number of hydrogen-bond donors (Lipinski definition) is 2. The monoisotopic (exact) mass is 410 g/mol. The fourth-order valence-electron chi connectivity index (χ4n) is 2.81. The molecule has 3 rings (SSSR count). The summed E-state index contributed by atoms with van der Waals surface area (Å²) in [5.41, 5.74) is -0.387. The molecule has 0 aromatic heterocycles. The molecule has 0 saturated heterocycles. The van der Waals surface area contributed by atoms with E-state index in [1.807, 2.05) is 0 Å². The molecule has 0 spiro atoms. The van der Waals surface area contributed by atoms with Crippen LogP contribution in [0.3, 0.4) is 0 Å². The maximum absolute atomic E-state index is 13.1. The zero-order valence-electron chi connectivity index (χ0n) is 14.9. The SMILES string of the molecule is CC1(C(=O)Nc2ccc([N+](=O)[O-])c(C(F)(F)F)c2)CC(c2ccc(F)cc2)=NN1. The number of hydrazone groups is 1. The minimum atomic E-state index is -4.96. The highest BCUT2D eigenvalue weighted by Gasteiger charge is 2.41. The fraction of sp³-hybridized carbons (Fsp3) is 0.222. The number of rotatable bonds is 4. The Kier molecular flexibility index (Phi) is 4.99. The van der Waals surface area contributed by atoms with Crippen molar-refractivity contribution in [2.24, 2.45) is 5.10 Å². The number of alkyl halides is 3. The summed E-state index contributed by atoms with van der Waals surface area (Å²) < 4.78 is 52.3. The van der Waals surface area contributed by atoms with Gasteiger partial charge < -0.3 is 5.32 Å². The molecular weight excluding hydrogens is 396 g/mol. The van der Waals surface area contributed by atoms with E-state index >= 15 is 0 Å². The number of anilines is 1. The normalized spacial score (nSPS) is 18.7. The van der Waals surface area contributed by atoms with Gasteiger partial charge in [-0.15, -0.1) is 0 Å². The molecule has 1 aliphatic rings. The van der Waals surface area contributed by atoms with Crippen LogP contribution in [0.15, 0.2) is 47.6 Å². The molecule has 29 heavy (non-hydrogen) atoms. The highest BCUT2D eigenvalue weighted by molar-refractivity contribution is 6.08. The Morgan fingerprint density at radius 3 is 2.48 bits per heavy atom. The van der Waals surface area contributed by atoms with E-state index in [9.17, 15) is 32.5 Å². The van der Waals surface area contributed by atoms with Gasteiger partial charge in [0.05, 0.1) is 10.6 Å². The third-order valence-electron chi connectivity index (χ3n) is 4.39. The Bertz CT molecular complexity index is 1010. The Morgan fingerprint density at radius 2 is 1.90 bits per heavy atom. The van der Waals surface area contributed by atoms with E-state index in [4.69, 9.17) is 0 Å². The van der Waals surface area contributed by atoms with E-state index in [1.165, 1.54) is 31.2 Å². The van der Waals surface area contributed by atoms with Crippen molar-refractivity contribution in [3.8, 4) is 0 Å². The van der Waals surface area contributed by atoms with Crippen LogP contribution in [0.4, 0.5) is 28.9 Å². The summed E-state index contributed by atoms with van der Waals surface area (Å²) >= 11 is 0. The van der Waals surface area contributed by atoms with Crippen molar-refractivity contribution in [3.63, 3.8) is 0 Å². The zero-order chi connectivity index (χ0) is 21.4. The lowest BCUT2D eigenvalue weighted by atomic mass is 9.93. The number of nitrogens with one attached hydrogen (secondary N) is 2. The third-order valence-corrected chi connectivity index (χ3v) is 4.39. The average molecular weight is 410 g/mol. The molecule has 0 fully saturated rings. The fourth-order valence-corrected chi connectivity index (χ4v) is 2.81. The van der Waals surface area contributed by atoms with Crippen molar-refractivity contribution in [1.82, 2.24) is 5.43 Å². The lowest BCUT2D eigenvalue weighted by molar-refractivity contribution is -0.388. The number of benzene rings is 2. The highest BCUT2D eigenvalue weighted by atomic mass is 19.4. The summed E-state index contributed by atoms with van der Waals surface area (Å²) in [5, 5.41) is 17.2. The van der Waals surface area contributed by atoms with Crippen LogP contribution in [-0.4, -0.2) is 22.1 Å². The summed E-state index contributed by atoms with van der Waals surface area (Å²) in [4.78, 5) is 22.3. The van der Waals surface area contributed by atoms with Crippen molar-refractivity contribution in [2.45, 2.75) is 25.1 Å². The molecule has 0 saturated carbocycles. The Labute approximate surface area is 161 Å². The second kappa shape index (κ2) is 7.15. The van der Waals surface area contributed by atoms with Crippen molar-refractivity contribution in [2.75, 3.05) is 5.32 Å². The quantitative estimate of drug-likeness (QED) is 0.455. The van der Waals surface area contributed by atoms with Crippen LogP contribution in [0.5, 0.6) is 0 Å². The Morgan fingerprint density at radius 1 is 1.24 bits per heavy atom. The van der Waals surface area contributed by atoms with Gasteiger partial charge in [-0.3, -0.25) is 20.3 Å². The number of hydrogen-bond acceptors (Lipinski definition) is 5. The molecule has 1 atom stereocenters. The molecule has 1 heterocycles. The maximum Gasteiger partial charge on any atom is 0.423 e. The lowest BCUT2D eigenvalue weighted by Gasteiger charge is -2.22. The molecule has 2 aromatic carbocycles. The van der Waals surface area contributed by atoms with Crippen molar-refractivity contribution in [1.29, 1.82) is 0 Å². The average Bonchev–Trinajstić information content (AvgIpc) is 3.05. The topological polar surface area (TPSA) is 96.6 Å². The van der Waals surface area contributed by atoms with Gasteiger partial charge in [-0.05, 0) is 36.8 Å². The first-order valence-electron chi connectivity index (χ1n) is 8.26. The molecular formula is C18H14F4N4O3. The number of nitrogens with zero attached hydrogens (tertiary/aromatic N) is 2. The van der Waals surface area contributed by atoms with Gasteiger partial charge in [0.1, 0.15) is 16.9 Å². The molecule has 11 heteroatoms. The zero-order valence-corrected chi connectivity index (χ0v) is 14.9. The van der Waals surface area contributed by atoms with E-state index < -0.39 is 39.6 Å². The predicted molar refractivity (Wildman–Crippen MR) is 95.8 cm³/mol. The molecule has 1 unspecified atom stereocenters. The minimum Gasteiger partial charge on any atom is -0.324 e. The second-order valence-corrected chi connectivity index (χ2v) is 6.63. The van der Waals surface area contributed by atoms with Crippen molar-refractivity contribution in [3.05, 3.63) is 69.5 Å². The van der Waals surface area contributed by atoms with Gasteiger partial charge in [-0.25, -0.2) is 4.39 Å². The largest absolute Gasteiger partial charge is 0.423 e. The Balaban J connectivity index is 1.78. The van der Waals surface area contributed by atoms with E-state index in [0.717, 1.165) is 6.07 Å². The molecule has 2 aromatic rings. The summed E-state index contributed by atoms with van der Waals surface area (Å²) in [6.45, 7) is 1.50. The van der Waals surface area contributed by atoms with Crippen LogP contribution < -0.4 is 10.7 Å². The Hall–Kier alpha value is -3.50. The van der Waals surface area contributed by atoms with E-state index in [2.05, 4.69) is 15.8 Å². The van der Waals surface area contributed by atoms with Gasteiger partial charge in [0.2, 0.25) is 0 Å². The maximum atomic E-state index is 13.1. The number of carbonyl (C=O) groups is 1. The smallest absolute Gasteiger partial charge is 0.324 e. The van der Waals surface area contributed by atoms with Gasteiger partial charge in [-0.1, -0.05) is 12.1 Å². The van der Waals surface area contributed by atoms with Gasteiger partial charge in [0.25, 0.3) is 11.6 Å². The number of carbonyl (C=O) groups excluding carboxylic acids is 1. The lowest BCUT2D eigenvalue weighted by Crippen LogP contribution is -2.47. The van der Waals surface area contributed by atoms with E-state index in [0.29, 0.717) is 23.4 Å². The summed E-state index contributed by atoms with van der Waals surface area (Å²) in [7, 11) is 0. The summed E-state index contributed by atoms with van der Waals surface area (Å²) in [6, 6.07) is 7.67. The molecule has 152 valence electrons. The van der Waals surface area contributed by atoms with Crippen molar-refractivity contribution < 1.29 is 27.3 Å². The van der Waals surface area contributed by atoms with Crippen LogP contribution in [0.1, 0.15) is 24.5 Å².